The van der Waals surface area contributed by atoms with Gasteiger partial charge in [0, 0.05) is 48.1 Å². The number of pyridine rings is 2. The number of aromatic nitrogens is 2. The number of non-ortho nitro benzene ring substituents is 1. The number of fused-ring (bicyclic) bond motifs is 1. The van der Waals surface area contributed by atoms with Crippen molar-refractivity contribution < 1.29 is 9.72 Å². The lowest BCUT2D eigenvalue weighted by Gasteiger charge is -2.10. The van der Waals surface area contributed by atoms with Gasteiger partial charge in [-0.05, 0) is 25.1 Å². The molecule has 0 spiro atoms. The molecular weight excluding hydrogens is 324 g/mol. The highest BCUT2D eigenvalue weighted by atomic mass is 16.6. The minimum atomic E-state index is -0.508. The molecule has 0 aliphatic rings. The van der Waals surface area contributed by atoms with Crippen LogP contribution >= 0.6 is 0 Å². The van der Waals surface area contributed by atoms with Crippen LogP contribution < -0.4 is 10.9 Å². The van der Waals surface area contributed by atoms with Crippen LogP contribution in [0.5, 0.6) is 0 Å². The summed E-state index contributed by atoms with van der Waals surface area (Å²) in [6, 6.07) is 8.64. The Kier molecular flexibility index (Phi) is 4.02. The second-order valence-electron chi connectivity index (χ2n) is 5.59. The van der Waals surface area contributed by atoms with Gasteiger partial charge in [0.25, 0.3) is 17.2 Å². The van der Waals surface area contributed by atoms with Gasteiger partial charge in [0.2, 0.25) is 0 Å². The first-order valence-corrected chi connectivity index (χ1v) is 7.39. The summed E-state index contributed by atoms with van der Waals surface area (Å²) in [5.41, 5.74) is 1.39. The molecule has 0 atom stereocenters. The molecule has 126 valence electrons. The number of nitro groups is 1. The lowest BCUT2D eigenvalue weighted by atomic mass is 10.1. The maximum Gasteiger partial charge on any atom is 0.270 e. The van der Waals surface area contributed by atoms with Crippen molar-refractivity contribution >= 4 is 28.2 Å². The van der Waals surface area contributed by atoms with Crippen LogP contribution in [0.1, 0.15) is 16.1 Å². The maximum atomic E-state index is 12.4. The van der Waals surface area contributed by atoms with Gasteiger partial charge in [-0.3, -0.25) is 24.7 Å². The standard InChI is InChI=1S/C17H14N4O4/c1-10-7-15(13-9-12(21(24)25)3-4-14(13)18-10)19-17(23)11-5-6-20(2)16(22)8-11/h3-9H,1-2H3,(H,18,19,23). The number of anilines is 1. The lowest BCUT2D eigenvalue weighted by molar-refractivity contribution is -0.384. The molecule has 2 heterocycles. The molecule has 0 aliphatic carbocycles. The molecule has 3 aromatic rings. The van der Waals surface area contributed by atoms with Crippen molar-refractivity contribution in [2.45, 2.75) is 6.92 Å². The second-order valence-corrected chi connectivity index (χ2v) is 5.59. The Morgan fingerprint density at radius 1 is 1.24 bits per heavy atom. The summed E-state index contributed by atoms with van der Waals surface area (Å²) in [6.07, 6.45) is 1.50. The van der Waals surface area contributed by atoms with E-state index in [2.05, 4.69) is 10.3 Å². The monoisotopic (exact) mass is 338 g/mol. The average molecular weight is 338 g/mol. The number of carbonyl (C=O) groups excluding carboxylic acids is 1. The molecule has 8 heteroatoms. The largest absolute Gasteiger partial charge is 0.321 e. The highest BCUT2D eigenvalue weighted by Crippen LogP contribution is 2.27. The summed E-state index contributed by atoms with van der Waals surface area (Å²) in [5, 5.41) is 14.2. The number of nitro benzene ring substituents is 1. The Bertz CT molecular complexity index is 1070. The Morgan fingerprint density at radius 2 is 2.00 bits per heavy atom. The highest BCUT2D eigenvalue weighted by molar-refractivity contribution is 6.08. The van der Waals surface area contributed by atoms with E-state index in [1.165, 1.54) is 41.1 Å². The molecule has 1 N–H and O–H groups in total. The lowest BCUT2D eigenvalue weighted by Crippen LogP contribution is -2.20. The van der Waals surface area contributed by atoms with E-state index < -0.39 is 10.8 Å². The van der Waals surface area contributed by atoms with E-state index in [1.54, 1.807) is 20.0 Å². The minimum absolute atomic E-state index is 0.0952. The first-order valence-electron chi connectivity index (χ1n) is 7.39. The van der Waals surface area contributed by atoms with Gasteiger partial charge < -0.3 is 9.88 Å². The van der Waals surface area contributed by atoms with E-state index >= 15 is 0 Å². The molecule has 1 amide bonds. The van der Waals surface area contributed by atoms with Crippen molar-refractivity contribution in [3.63, 3.8) is 0 Å². The van der Waals surface area contributed by atoms with Gasteiger partial charge in [0.05, 0.1) is 16.1 Å². The number of amides is 1. The Morgan fingerprint density at radius 3 is 2.68 bits per heavy atom. The van der Waals surface area contributed by atoms with Crippen molar-refractivity contribution in [3.8, 4) is 0 Å². The molecule has 0 fully saturated rings. The molecule has 8 nitrogen and oxygen atoms in total. The van der Waals surface area contributed by atoms with Crippen LogP contribution in [0, 0.1) is 17.0 Å². The topological polar surface area (TPSA) is 107 Å². The molecular formula is C17H14N4O4. The van der Waals surface area contributed by atoms with Crippen molar-refractivity contribution in [1.82, 2.24) is 9.55 Å². The molecule has 0 saturated heterocycles. The van der Waals surface area contributed by atoms with Gasteiger partial charge in [0.15, 0.2) is 0 Å². The summed E-state index contributed by atoms with van der Waals surface area (Å²) in [7, 11) is 1.59. The number of benzene rings is 1. The fourth-order valence-corrected chi connectivity index (χ4v) is 2.45. The summed E-state index contributed by atoms with van der Waals surface area (Å²) >= 11 is 0. The van der Waals surface area contributed by atoms with Crippen LogP contribution in [-0.4, -0.2) is 20.4 Å². The van der Waals surface area contributed by atoms with Crippen LogP contribution in [-0.2, 0) is 7.05 Å². The van der Waals surface area contributed by atoms with Gasteiger partial charge >= 0.3 is 0 Å². The van der Waals surface area contributed by atoms with Crippen LogP contribution in [0.2, 0.25) is 0 Å². The summed E-state index contributed by atoms with van der Waals surface area (Å²) < 4.78 is 1.35. The summed E-state index contributed by atoms with van der Waals surface area (Å²) in [5.74, 6) is -0.476. The fraction of sp³-hybridized carbons (Fsp3) is 0.118. The SMILES string of the molecule is Cc1cc(NC(=O)c2ccn(C)c(=O)c2)c2cc([N+](=O)[O-])ccc2n1. The third-order valence-electron chi connectivity index (χ3n) is 3.75. The number of hydrogen-bond donors (Lipinski definition) is 1. The first-order chi connectivity index (χ1) is 11.8. The van der Waals surface area contributed by atoms with E-state index in [1.807, 2.05) is 0 Å². The van der Waals surface area contributed by atoms with Crippen molar-refractivity contribution in [3.05, 3.63) is 74.3 Å². The minimum Gasteiger partial charge on any atom is -0.321 e. The Hall–Kier alpha value is -3.55. The third-order valence-corrected chi connectivity index (χ3v) is 3.75. The fourth-order valence-electron chi connectivity index (χ4n) is 2.45. The van der Waals surface area contributed by atoms with Crippen LogP contribution in [0.4, 0.5) is 11.4 Å². The normalized spacial score (nSPS) is 10.6. The molecule has 1 aromatic carbocycles. The summed E-state index contributed by atoms with van der Waals surface area (Å²) in [4.78, 5) is 38.9. The van der Waals surface area contributed by atoms with E-state index in [4.69, 9.17) is 0 Å². The van der Waals surface area contributed by atoms with Gasteiger partial charge in [-0.15, -0.1) is 0 Å². The number of rotatable bonds is 3. The number of aryl methyl sites for hydroxylation is 2. The third kappa shape index (κ3) is 3.23. The zero-order valence-electron chi connectivity index (χ0n) is 13.5. The quantitative estimate of drug-likeness (QED) is 0.583. The smallest absolute Gasteiger partial charge is 0.270 e. The summed E-state index contributed by atoms with van der Waals surface area (Å²) in [6.45, 7) is 1.76. The first kappa shape index (κ1) is 16.3. The van der Waals surface area contributed by atoms with Crippen LogP contribution in [0.25, 0.3) is 10.9 Å². The predicted octanol–water partition coefficient (Wildman–Crippen LogP) is 2.40. The predicted molar refractivity (Wildman–Crippen MR) is 92.8 cm³/mol. The molecule has 2 aromatic heterocycles. The van der Waals surface area contributed by atoms with E-state index in [0.29, 0.717) is 22.3 Å². The number of nitrogens with one attached hydrogen (secondary N) is 1. The van der Waals surface area contributed by atoms with Crippen LogP contribution in [0.15, 0.2) is 47.4 Å². The number of hydrogen-bond acceptors (Lipinski definition) is 5. The van der Waals surface area contributed by atoms with Gasteiger partial charge in [-0.1, -0.05) is 0 Å². The molecule has 3 rings (SSSR count). The Labute approximate surface area is 141 Å². The van der Waals surface area contributed by atoms with Gasteiger partial charge in [-0.25, -0.2) is 0 Å². The van der Waals surface area contributed by atoms with Crippen molar-refractivity contribution in [2.75, 3.05) is 5.32 Å². The maximum absolute atomic E-state index is 12.4. The molecule has 0 unspecified atom stereocenters. The van der Waals surface area contributed by atoms with Crippen LogP contribution in [0.3, 0.4) is 0 Å². The van der Waals surface area contributed by atoms with E-state index in [9.17, 15) is 19.7 Å². The molecule has 0 saturated carbocycles. The second kappa shape index (κ2) is 6.16. The molecule has 0 radical (unpaired) electrons. The Balaban J connectivity index is 2.06. The number of carbonyl (C=O) groups is 1. The molecule has 0 bridgehead atoms. The molecule has 0 aliphatic heterocycles. The zero-order valence-corrected chi connectivity index (χ0v) is 13.5. The van der Waals surface area contributed by atoms with E-state index in [-0.39, 0.29) is 16.8 Å². The highest BCUT2D eigenvalue weighted by Gasteiger charge is 2.14. The zero-order chi connectivity index (χ0) is 18.1. The molecule has 25 heavy (non-hydrogen) atoms. The average Bonchev–Trinajstić information content (AvgIpc) is 2.56. The van der Waals surface area contributed by atoms with E-state index in [0.717, 1.165) is 0 Å². The van der Waals surface area contributed by atoms with Gasteiger partial charge in [-0.2, -0.15) is 0 Å². The van der Waals surface area contributed by atoms with Crippen molar-refractivity contribution in [1.29, 1.82) is 0 Å². The number of nitrogens with zero attached hydrogens (tertiary/aromatic N) is 3. The van der Waals surface area contributed by atoms with Crippen molar-refractivity contribution in [2.24, 2.45) is 7.05 Å². The van der Waals surface area contributed by atoms with Gasteiger partial charge in [0.1, 0.15) is 0 Å².